The molecular weight excluding hydrogens is 480 g/mol. The molecule has 0 spiro atoms. The zero-order chi connectivity index (χ0) is 26.1. The van der Waals surface area contributed by atoms with E-state index in [4.69, 9.17) is 11.5 Å². The average molecular weight is 509 g/mol. The normalized spacial score (nSPS) is 14.4. The Hall–Kier alpha value is -3.62. The van der Waals surface area contributed by atoms with Crippen LogP contribution < -0.4 is 27.4 Å². The van der Waals surface area contributed by atoms with Gasteiger partial charge in [0, 0.05) is 29.3 Å². The Balaban J connectivity index is 2.03. The van der Waals surface area contributed by atoms with Crippen molar-refractivity contribution in [1.29, 1.82) is 0 Å². The summed E-state index contributed by atoms with van der Waals surface area (Å²) in [5, 5.41) is 26.7. The quantitative estimate of drug-likeness (QED) is 0.130. The number of primary amides is 1. The number of thiol groups is 1. The summed E-state index contributed by atoms with van der Waals surface area (Å²) in [4.78, 5) is 62.9. The Morgan fingerprint density at radius 1 is 0.971 bits per heavy atom. The molecule has 13 nitrogen and oxygen atoms in total. The number of aliphatic hydroxyl groups is 1. The van der Waals surface area contributed by atoms with E-state index in [1.54, 1.807) is 12.3 Å². The number of hydrogen-bond donors (Lipinski definition) is 9. The summed E-state index contributed by atoms with van der Waals surface area (Å²) in [6.45, 7) is -0.833. The first-order chi connectivity index (χ1) is 16.6. The number of fused-ring (bicyclic) bond motifs is 1. The number of benzene rings is 1. The predicted octanol–water partition coefficient (Wildman–Crippen LogP) is -2.63. The number of carbonyl (C=O) groups excluding carboxylic acids is 4. The average Bonchev–Trinajstić information content (AvgIpc) is 3.22. The van der Waals surface area contributed by atoms with Crippen molar-refractivity contribution in [2.75, 3.05) is 12.4 Å². The third kappa shape index (κ3) is 7.70. The third-order valence-corrected chi connectivity index (χ3v) is 5.47. The molecule has 0 radical (unpaired) electrons. The van der Waals surface area contributed by atoms with E-state index in [0.717, 1.165) is 10.9 Å². The lowest BCUT2D eigenvalue weighted by Crippen LogP contribution is -2.58. The topological polar surface area (TPSA) is 230 Å². The monoisotopic (exact) mass is 508 g/mol. The Morgan fingerprint density at radius 3 is 2.17 bits per heavy atom. The first-order valence-electron chi connectivity index (χ1n) is 10.5. The van der Waals surface area contributed by atoms with Gasteiger partial charge < -0.3 is 42.6 Å². The van der Waals surface area contributed by atoms with Gasteiger partial charge in [0.05, 0.1) is 19.1 Å². The molecule has 190 valence electrons. The molecule has 0 fully saturated rings. The largest absolute Gasteiger partial charge is 0.480 e. The second-order valence-electron chi connectivity index (χ2n) is 7.73. The van der Waals surface area contributed by atoms with Gasteiger partial charge in [-0.2, -0.15) is 12.6 Å². The summed E-state index contributed by atoms with van der Waals surface area (Å²) < 4.78 is 0. The van der Waals surface area contributed by atoms with Gasteiger partial charge in [-0.15, -0.1) is 0 Å². The molecular formula is C21H28N6O7S. The number of aromatic nitrogens is 1. The lowest BCUT2D eigenvalue weighted by molar-refractivity contribution is -0.142. The van der Waals surface area contributed by atoms with Gasteiger partial charge in [0.1, 0.15) is 18.1 Å². The second kappa shape index (κ2) is 12.7. The van der Waals surface area contributed by atoms with Crippen molar-refractivity contribution >= 4 is 53.1 Å². The van der Waals surface area contributed by atoms with E-state index in [1.165, 1.54) is 0 Å². The number of aliphatic hydroxyl groups excluding tert-OH is 1. The van der Waals surface area contributed by atoms with Crippen LogP contribution in [0.1, 0.15) is 12.0 Å². The fraction of sp³-hybridized carbons (Fsp3) is 0.381. The fourth-order valence-corrected chi connectivity index (χ4v) is 3.50. The van der Waals surface area contributed by atoms with E-state index in [2.05, 4.69) is 33.6 Å². The van der Waals surface area contributed by atoms with E-state index in [0.29, 0.717) is 5.56 Å². The van der Waals surface area contributed by atoms with Crippen LogP contribution >= 0.6 is 12.6 Å². The van der Waals surface area contributed by atoms with Crippen LogP contribution in [0.25, 0.3) is 10.9 Å². The number of amides is 4. The summed E-state index contributed by atoms with van der Waals surface area (Å²) >= 11 is 4.03. The van der Waals surface area contributed by atoms with Crippen molar-refractivity contribution in [3.05, 3.63) is 36.0 Å². The standard InChI is InChI=1S/C21H28N6O7S/c22-12(6-17(23)29)18(30)26-15(8-28)19(31)27-16(9-35)20(32)25-14(21(33)34)5-10-7-24-13-4-2-1-3-11(10)13/h1-4,7,12,14-16,24,28,35H,5-6,8-9,22H2,(H2,23,29)(H,25,32)(H,26,30)(H,27,31)(H,33,34). The first kappa shape index (κ1) is 27.6. The SMILES string of the molecule is NC(=O)CC(N)C(=O)NC(CO)C(=O)NC(CS)C(=O)NC(Cc1c[nH]c2ccccc12)C(=O)O. The zero-order valence-electron chi connectivity index (χ0n) is 18.6. The minimum Gasteiger partial charge on any atom is -0.480 e. The van der Waals surface area contributed by atoms with Crippen molar-refractivity contribution in [3.63, 3.8) is 0 Å². The molecule has 0 aliphatic rings. The van der Waals surface area contributed by atoms with Gasteiger partial charge in [-0.1, -0.05) is 18.2 Å². The van der Waals surface area contributed by atoms with Crippen molar-refractivity contribution in [3.8, 4) is 0 Å². The molecule has 4 unspecified atom stereocenters. The second-order valence-corrected chi connectivity index (χ2v) is 8.09. The molecule has 0 aliphatic heterocycles. The summed E-state index contributed by atoms with van der Waals surface area (Å²) in [7, 11) is 0. The highest BCUT2D eigenvalue weighted by Gasteiger charge is 2.30. The first-order valence-corrected chi connectivity index (χ1v) is 11.1. The van der Waals surface area contributed by atoms with Crippen LogP contribution in [0.4, 0.5) is 0 Å². The van der Waals surface area contributed by atoms with Gasteiger partial charge in [0.15, 0.2) is 0 Å². The summed E-state index contributed by atoms with van der Waals surface area (Å²) in [5.41, 5.74) is 12.0. The molecule has 1 aromatic carbocycles. The number of nitrogens with one attached hydrogen (secondary N) is 4. The number of H-pyrrole nitrogens is 1. The molecule has 0 saturated heterocycles. The molecule has 1 aromatic heterocycles. The number of nitrogens with two attached hydrogens (primary N) is 2. The smallest absolute Gasteiger partial charge is 0.326 e. The van der Waals surface area contributed by atoms with Crippen LogP contribution in [0.5, 0.6) is 0 Å². The number of para-hydroxylation sites is 1. The van der Waals surface area contributed by atoms with Crippen LogP contribution in [0.15, 0.2) is 30.5 Å². The van der Waals surface area contributed by atoms with Crippen molar-refractivity contribution in [2.24, 2.45) is 11.5 Å². The van der Waals surface area contributed by atoms with Gasteiger partial charge in [0.25, 0.3) is 0 Å². The molecule has 14 heteroatoms. The number of carboxylic acid groups (broad SMARTS) is 1. The Kier molecular flexibility index (Phi) is 10.1. The third-order valence-electron chi connectivity index (χ3n) is 5.10. The van der Waals surface area contributed by atoms with E-state index < -0.39 is 66.8 Å². The van der Waals surface area contributed by atoms with Crippen LogP contribution in [0.3, 0.4) is 0 Å². The summed E-state index contributed by atoms with van der Waals surface area (Å²) in [6.07, 6.45) is 1.16. The van der Waals surface area contributed by atoms with Crippen LogP contribution in [0, 0.1) is 0 Å². The number of rotatable bonds is 13. The predicted molar refractivity (Wildman–Crippen MR) is 128 cm³/mol. The van der Waals surface area contributed by atoms with Crippen molar-refractivity contribution in [1.82, 2.24) is 20.9 Å². The van der Waals surface area contributed by atoms with Gasteiger partial charge in [-0.05, 0) is 11.6 Å². The molecule has 10 N–H and O–H groups in total. The molecule has 0 aliphatic carbocycles. The summed E-state index contributed by atoms with van der Waals surface area (Å²) in [6, 6.07) is 1.87. The fourth-order valence-electron chi connectivity index (χ4n) is 3.24. The minimum atomic E-state index is -1.49. The molecule has 4 atom stereocenters. The molecule has 4 amide bonds. The molecule has 35 heavy (non-hydrogen) atoms. The number of carbonyl (C=O) groups is 5. The Labute approximate surface area is 205 Å². The van der Waals surface area contributed by atoms with Crippen LogP contribution in [-0.2, 0) is 30.4 Å². The highest BCUT2D eigenvalue weighted by atomic mass is 32.1. The minimum absolute atomic E-state index is 0.0224. The number of aromatic amines is 1. The maximum Gasteiger partial charge on any atom is 0.326 e. The number of carboxylic acids is 1. The van der Waals surface area contributed by atoms with E-state index in [9.17, 15) is 34.2 Å². The van der Waals surface area contributed by atoms with Crippen LogP contribution in [-0.4, -0.2) is 81.3 Å². The maximum absolute atomic E-state index is 12.7. The molecule has 0 saturated carbocycles. The van der Waals surface area contributed by atoms with Crippen LogP contribution in [0.2, 0.25) is 0 Å². The Morgan fingerprint density at radius 2 is 1.57 bits per heavy atom. The van der Waals surface area contributed by atoms with Gasteiger partial charge in [-0.3, -0.25) is 19.2 Å². The van der Waals surface area contributed by atoms with Crippen molar-refractivity contribution < 1.29 is 34.2 Å². The number of hydrogen-bond acceptors (Lipinski definition) is 8. The van der Waals surface area contributed by atoms with Gasteiger partial charge in [0.2, 0.25) is 23.6 Å². The van der Waals surface area contributed by atoms with E-state index in [1.807, 2.05) is 18.2 Å². The molecule has 2 rings (SSSR count). The highest BCUT2D eigenvalue weighted by molar-refractivity contribution is 7.80. The zero-order valence-corrected chi connectivity index (χ0v) is 19.5. The van der Waals surface area contributed by atoms with Gasteiger partial charge in [-0.25, -0.2) is 4.79 Å². The number of aliphatic carboxylic acids is 1. The molecule has 2 aromatic rings. The van der Waals surface area contributed by atoms with E-state index >= 15 is 0 Å². The van der Waals surface area contributed by atoms with Gasteiger partial charge >= 0.3 is 5.97 Å². The summed E-state index contributed by atoms with van der Waals surface area (Å²) in [5.74, 6) is -4.99. The lowest BCUT2D eigenvalue weighted by Gasteiger charge is -2.23. The molecule has 0 bridgehead atoms. The molecule has 1 heterocycles. The maximum atomic E-state index is 12.7. The van der Waals surface area contributed by atoms with E-state index in [-0.39, 0.29) is 12.2 Å². The Bertz CT molecular complexity index is 1090. The lowest BCUT2D eigenvalue weighted by atomic mass is 10.0. The highest BCUT2D eigenvalue weighted by Crippen LogP contribution is 2.19. The van der Waals surface area contributed by atoms with Crippen molar-refractivity contribution in [2.45, 2.75) is 37.0 Å².